The summed E-state index contributed by atoms with van der Waals surface area (Å²) in [4.78, 5) is 20.5. The van der Waals surface area contributed by atoms with Crippen LogP contribution in [0.4, 0.5) is 0 Å². The van der Waals surface area contributed by atoms with E-state index in [-0.39, 0.29) is 59.1 Å². The van der Waals surface area contributed by atoms with Gasteiger partial charge in [-0.2, -0.15) is 0 Å². The van der Waals surface area contributed by atoms with Crippen molar-refractivity contribution in [3.8, 4) is 0 Å². The fourth-order valence-corrected chi connectivity index (χ4v) is 0.304. The number of hydrogen-bond donors (Lipinski definition) is 0. The molecule has 0 amide bonds. The van der Waals surface area contributed by atoms with Gasteiger partial charge in [-0.25, -0.2) is 4.79 Å². The van der Waals surface area contributed by atoms with E-state index in [1.807, 2.05) is 0 Å². The van der Waals surface area contributed by atoms with Crippen molar-refractivity contribution in [3.05, 3.63) is 0 Å². The molecule has 0 heterocycles. The first-order chi connectivity index (χ1) is 4.34. The van der Waals surface area contributed by atoms with Gasteiger partial charge in [0, 0.05) is 6.92 Å². The second kappa shape index (κ2) is 8.33. The van der Waals surface area contributed by atoms with E-state index in [1.165, 1.54) is 0 Å². The molecular formula is C4H5Cl3Na2O3. The van der Waals surface area contributed by atoms with Crippen LogP contribution < -0.4 is 0 Å². The summed E-state index contributed by atoms with van der Waals surface area (Å²) in [5, 5.41) is 0. The van der Waals surface area contributed by atoms with Crippen LogP contribution in [0.5, 0.6) is 0 Å². The first kappa shape index (κ1) is 19.6. The van der Waals surface area contributed by atoms with E-state index in [4.69, 9.17) is 34.8 Å². The fourth-order valence-electron chi connectivity index (χ4n) is 0.188. The van der Waals surface area contributed by atoms with E-state index in [0.717, 1.165) is 6.92 Å². The van der Waals surface area contributed by atoms with Gasteiger partial charge in [-0.05, 0) is 0 Å². The van der Waals surface area contributed by atoms with Crippen molar-refractivity contribution >= 4 is 106 Å². The molecule has 0 saturated carbocycles. The second-order valence-corrected chi connectivity index (χ2v) is 3.66. The molecule has 8 heteroatoms. The zero-order valence-electron chi connectivity index (χ0n) is 4.86. The van der Waals surface area contributed by atoms with Gasteiger partial charge in [0.15, 0.2) is 0 Å². The van der Waals surface area contributed by atoms with Crippen molar-refractivity contribution in [2.75, 3.05) is 0 Å². The summed E-state index contributed by atoms with van der Waals surface area (Å²) in [6.07, 6.45) is 0. The molecule has 0 aromatic heterocycles. The monoisotopic (exact) mass is 252 g/mol. The third kappa shape index (κ3) is 10.1. The van der Waals surface area contributed by atoms with E-state index in [2.05, 4.69) is 4.74 Å². The average Bonchev–Trinajstić information content (AvgIpc) is 1.60. The molecule has 0 rings (SSSR count). The first-order valence-corrected chi connectivity index (χ1v) is 3.27. The molecule has 0 atom stereocenters. The Morgan fingerprint density at radius 1 is 1.17 bits per heavy atom. The number of carbonyl (C=O) groups is 2. The minimum atomic E-state index is -2.17. The average molecular weight is 253 g/mol. The van der Waals surface area contributed by atoms with Crippen LogP contribution in [0.1, 0.15) is 6.92 Å². The van der Waals surface area contributed by atoms with Crippen LogP contribution in [-0.4, -0.2) is 74.8 Å². The van der Waals surface area contributed by atoms with E-state index in [9.17, 15) is 9.59 Å². The number of hydrogen-bond acceptors (Lipinski definition) is 3. The number of alkyl halides is 3. The van der Waals surface area contributed by atoms with Gasteiger partial charge in [-0.15, -0.1) is 0 Å². The van der Waals surface area contributed by atoms with Gasteiger partial charge in [0.2, 0.25) is 0 Å². The molecule has 0 saturated heterocycles. The van der Waals surface area contributed by atoms with Crippen LogP contribution in [-0.2, 0) is 14.3 Å². The molecule has 3 nitrogen and oxygen atoms in total. The Hall–Kier alpha value is 2.01. The molecule has 0 aliphatic rings. The number of rotatable bonds is 0. The second-order valence-electron chi connectivity index (χ2n) is 1.38. The van der Waals surface area contributed by atoms with Gasteiger partial charge in [0.1, 0.15) is 0 Å². The Kier molecular flexibility index (Phi) is 13.6. The van der Waals surface area contributed by atoms with Gasteiger partial charge in [0.05, 0.1) is 0 Å². The van der Waals surface area contributed by atoms with Crippen molar-refractivity contribution in [2.24, 2.45) is 0 Å². The predicted molar refractivity (Wildman–Crippen MR) is 51.4 cm³/mol. The minimum absolute atomic E-state index is 0. The standard InChI is InChI=1S/C4H3Cl3O3.2Na.2H/c1-2(8)10-3(9)4(5,6)7;;;;/h1H3;;;;. The molecule has 0 aromatic carbocycles. The summed E-state index contributed by atoms with van der Waals surface area (Å²) in [6.45, 7) is 1.04. The van der Waals surface area contributed by atoms with Crippen LogP contribution in [0.25, 0.3) is 0 Å². The summed E-state index contributed by atoms with van der Waals surface area (Å²) in [6, 6.07) is 0. The molecule has 0 aliphatic carbocycles. The van der Waals surface area contributed by atoms with Crippen LogP contribution >= 0.6 is 34.8 Å². The molecule has 0 spiro atoms. The summed E-state index contributed by atoms with van der Waals surface area (Å²) >= 11 is 15.1. The number of esters is 2. The van der Waals surface area contributed by atoms with Crippen LogP contribution in [0, 0.1) is 0 Å². The molecule has 0 radical (unpaired) electrons. The zero-order valence-corrected chi connectivity index (χ0v) is 7.13. The summed E-state index contributed by atoms with van der Waals surface area (Å²) in [5.74, 6) is -2.00. The molecule has 62 valence electrons. The third-order valence-electron chi connectivity index (χ3n) is 0.468. The van der Waals surface area contributed by atoms with E-state index < -0.39 is 15.7 Å². The zero-order chi connectivity index (χ0) is 8.36. The number of ether oxygens (including phenoxy) is 1. The van der Waals surface area contributed by atoms with Gasteiger partial charge >= 0.3 is 71.1 Å². The van der Waals surface area contributed by atoms with Crippen LogP contribution in [0.15, 0.2) is 0 Å². The molecule has 0 aliphatic heterocycles. The molecule has 0 N–H and O–H groups in total. The molecule has 0 aromatic rings. The van der Waals surface area contributed by atoms with Crippen molar-refractivity contribution < 1.29 is 14.3 Å². The van der Waals surface area contributed by atoms with Crippen molar-refractivity contribution in [3.63, 3.8) is 0 Å². The summed E-state index contributed by atoms with van der Waals surface area (Å²) < 4.78 is 1.77. The molecule has 0 bridgehead atoms. The van der Waals surface area contributed by atoms with E-state index in [0.29, 0.717) is 0 Å². The van der Waals surface area contributed by atoms with Crippen molar-refractivity contribution in [1.82, 2.24) is 0 Å². The fraction of sp³-hybridized carbons (Fsp3) is 0.500. The van der Waals surface area contributed by atoms with Gasteiger partial charge in [-0.1, -0.05) is 34.8 Å². The van der Waals surface area contributed by atoms with Crippen molar-refractivity contribution in [1.29, 1.82) is 0 Å². The quantitative estimate of drug-likeness (QED) is 0.267. The molecular weight excluding hydrogens is 248 g/mol. The van der Waals surface area contributed by atoms with E-state index >= 15 is 0 Å². The van der Waals surface area contributed by atoms with Crippen molar-refractivity contribution in [2.45, 2.75) is 10.7 Å². The number of carbonyl (C=O) groups excluding carboxylic acids is 2. The Morgan fingerprint density at radius 2 is 1.50 bits per heavy atom. The Bertz CT molecular complexity index is 167. The maximum atomic E-state index is 10.4. The molecule has 0 unspecified atom stereocenters. The first-order valence-electron chi connectivity index (χ1n) is 2.13. The maximum absolute atomic E-state index is 10.4. The third-order valence-corrected chi connectivity index (χ3v) is 0.931. The Labute approximate surface area is 129 Å². The Morgan fingerprint density at radius 3 is 1.58 bits per heavy atom. The van der Waals surface area contributed by atoms with E-state index in [1.54, 1.807) is 0 Å². The topological polar surface area (TPSA) is 43.4 Å². The molecule has 0 fully saturated rings. The Balaban J connectivity index is -0.000000405. The van der Waals surface area contributed by atoms with Crippen LogP contribution in [0.3, 0.4) is 0 Å². The molecule has 12 heavy (non-hydrogen) atoms. The number of halogens is 3. The SMILES string of the molecule is CC(=O)OC(=O)C(Cl)(Cl)Cl.[NaH].[NaH]. The summed E-state index contributed by atoms with van der Waals surface area (Å²) in [7, 11) is 0. The van der Waals surface area contributed by atoms with Crippen LogP contribution in [0.2, 0.25) is 0 Å². The summed E-state index contributed by atoms with van der Waals surface area (Å²) in [5.41, 5.74) is 0. The van der Waals surface area contributed by atoms with Gasteiger partial charge < -0.3 is 4.74 Å². The van der Waals surface area contributed by atoms with Gasteiger partial charge in [0.25, 0.3) is 3.79 Å². The normalized spacial score (nSPS) is 9.00. The van der Waals surface area contributed by atoms with Gasteiger partial charge in [-0.3, -0.25) is 4.79 Å². The predicted octanol–water partition coefficient (Wildman–Crippen LogP) is 0.149.